The van der Waals surface area contributed by atoms with E-state index in [4.69, 9.17) is 5.73 Å². The molecule has 0 saturated heterocycles. The third-order valence-corrected chi connectivity index (χ3v) is 8.77. The zero-order chi connectivity index (χ0) is 27.1. The van der Waals surface area contributed by atoms with Crippen molar-refractivity contribution < 1.29 is 12.8 Å². The highest BCUT2D eigenvalue weighted by atomic mass is 32.2. The second-order valence-electron chi connectivity index (χ2n) is 9.62. The van der Waals surface area contributed by atoms with Crippen LogP contribution in [0.4, 0.5) is 4.39 Å². The van der Waals surface area contributed by atoms with Crippen LogP contribution in [0.5, 0.6) is 0 Å². The van der Waals surface area contributed by atoms with Crippen LogP contribution in [0.15, 0.2) is 102 Å². The molecular formula is C31H27FN4O2S. The van der Waals surface area contributed by atoms with Gasteiger partial charge in [0, 0.05) is 22.9 Å². The molecule has 39 heavy (non-hydrogen) atoms. The molecule has 0 atom stereocenters. The number of fused-ring (bicyclic) bond motifs is 3. The van der Waals surface area contributed by atoms with Gasteiger partial charge in [-0.05, 0) is 60.8 Å². The van der Waals surface area contributed by atoms with E-state index < -0.39 is 15.8 Å². The van der Waals surface area contributed by atoms with Crippen molar-refractivity contribution in [1.82, 2.24) is 13.8 Å². The topological polar surface area (TPSA) is 82.9 Å². The minimum Gasteiger partial charge on any atom is -0.333 e. The van der Waals surface area contributed by atoms with Crippen LogP contribution in [0.25, 0.3) is 33.1 Å². The lowest BCUT2D eigenvalue weighted by Crippen LogP contribution is -2.14. The maximum Gasteiger partial charge on any atom is 0.283 e. The van der Waals surface area contributed by atoms with Gasteiger partial charge >= 0.3 is 0 Å². The Morgan fingerprint density at radius 3 is 2.23 bits per heavy atom. The predicted octanol–water partition coefficient (Wildman–Crippen LogP) is 5.89. The van der Waals surface area contributed by atoms with Gasteiger partial charge in [0.15, 0.2) is 5.82 Å². The van der Waals surface area contributed by atoms with E-state index in [9.17, 15) is 8.42 Å². The molecule has 0 aliphatic heterocycles. The van der Waals surface area contributed by atoms with Crippen LogP contribution >= 0.6 is 0 Å². The number of benzene rings is 4. The first-order valence-corrected chi connectivity index (χ1v) is 14.2. The zero-order valence-corrected chi connectivity index (χ0v) is 22.2. The van der Waals surface area contributed by atoms with E-state index in [1.807, 2.05) is 60.0 Å². The molecule has 0 radical (unpaired) electrons. The Hall–Kier alpha value is -4.27. The van der Waals surface area contributed by atoms with Crippen LogP contribution in [0.3, 0.4) is 0 Å². The van der Waals surface area contributed by atoms with Gasteiger partial charge in [-0.3, -0.25) is 0 Å². The summed E-state index contributed by atoms with van der Waals surface area (Å²) in [7, 11) is -3.96. The molecule has 0 aliphatic carbocycles. The van der Waals surface area contributed by atoms with Crippen molar-refractivity contribution >= 4 is 31.8 Å². The highest BCUT2D eigenvalue weighted by Gasteiger charge is 2.26. The van der Waals surface area contributed by atoms with Crippen molar-refractivity contribution in [3.05, 3.63) is 120 Å². The standard InChI is InChI=1S/C31H27FN4O2S/c1-21-7-5-6-10-25(21)31-30(32)29-26-19-34-36(39(37,38)24-8-3-2-4-9-24)27(26)15-16-28(29)35(31)20-23-13-11-22(12-14-23)17-18-33/h2-16,19H,17-18,20,33H2,1H3. The maximum absolute atomic E-state index is 16.6. The smallest absolute Gasteiger partial charge is 0.283 e. The average molecular weight is 539 g/mol. The fourth-order valence-corrected chi connectivity index (χ4v) is 6.48. The van der Waals surface area contributed by atoms with Crippen molar-refractivity contribution in [3.63, 3.8) is 0 Å². The largest absolute Gasteiger partial charge is 0.333 e. The van der Waals surface area contributed by atoms with Gasteiger partial charge in [-0.2, -0.15) is 17.6 Å². The third kappa shape index (κ3) is 4.22. The lowest BCUT2D eigenvalue weighted by molar-refractivity contribution is 0.582. The SMILES string of the molecule is Cc1ccccc1-c1c(F)c2c3cnn(S(=O)(=O)c4ccccc4)c3ccc2n1Cc1ccc(CCN)cc1. The summed E-state index contributed by atoms with van der Waals surface area (Å²) in [5, 5.41) is 5.01. The summed E-state index contributed by atoms with van der Waals surface area (Å²) in [5.41, 5.74) is 11.0. The maximum atomic E-state index is 16.6. The molecule has 2 N–H and O–H groups in total. The molecule has 0 amide bonds. The van der Waals surface area contributed by atoms with E-state index in [2.05, 4.69) is 5.10 Å². The van der Waals surface area contributed by atoms with E-state index in [1.54, 1.807) is 30.3 Å². The van der Waals surface area contributed by atoms with Gasteiger partial charge in [0.2, 0.25) is 0 Å². The van der Waals surface area contributed by atoms with Crippen LogP contribution in [-0.2, 0) is 23.0 Å². The molecular weight excluding hydrogens is 511 g/mol. The van der Waals surface area contributed by atoms with Crippen LogP contribution in [-0.4, -0.2) is 28.7 Å². The summed E-state index contributed by atoms with van der Waals surface area (Å²) >= 11 is 0. The van der Waals surface area contributed by atoms with Crippen LogP contribution in [0.2, 0.25) is 0 Å². The minimum atomic E-state index is -3.96. The number of hydrogen-bond donors (Lipinski definition) is 1. The molecule has 0 fully saturated rings. The molecule has 0 unspecified atom stereocenters. The Bertz CT molecular complexity index is 1930. The van der Waals surface area contributed by atoms with Gasteiger partial charge in [0.1, 0.15) is 0 Å². The van der Waals surface area contributed by atoms with Gasteiger partial charge in [-0.15, -0.1) is 0 Å². The minimum absolute atomic E-state index is 0.117. The van der Waals surface area contributed by atoms with Gasteiger partial charge in [-0.25, -0.2) is 4.39 Å². The van der Waals surface area contributed by atoms with Gasteiger partial charge in [0.25, 0.3) is 10.0 Å². The Balaban J connectivity index is 1.58. The molecule has 6 rings (SSSR count). The Morgan fingerprint density at radius 1 is 0.846 bits per heavy atom. The molecule has 196 valence electrons. The first kappa shape index (κ1) is 25.0. The second kappa shape index (κ2) is 9.80. The van der Waals surface area contributed by atoms with E-state index in [-0.39, 0.29) is 4.90 Å². The van der Waals surface area contributed by atoms with Crippen LogP contribution in [0.1, 0.15) is 16.7 Å². The van der Waals surface area contributed by atoms with E-state index in [1.165, 1.54) is 18.3 Å². The molecule has 2 heterocycles. The number of hydrogen-bond acceptors (Lipinski definition) is 4. The number of rotatable bonds is 7. The van der Waals surface area contributed by atoms with Crippen LogP contribution < -0.4 is 5.73 Å². The van der Waals surface area contributed by atoms with E-state index in [0.717, 1.165) is 32.8 Å². The van der Waals surface area contributed by atoms with Crippen molar-refractivity contribution in [3.8, 4) is 11.3 Å². The Labute approximate surface area is 226 Å². The zero-order valence-electron chi connectivity index (χ0n) is 21.4. The Morgan fingerprint density at radius 2 is 1.51 bits per heavy atom. The molecule has 6 nitrogen and oxygen atoms in total. The summed E-state index contributed by atoms with van der Waals surface area (Å²) in [4.78, 5) is 0.117. The molecule has 4 aromatic carbocycles. The predicted molar refractivity (Wildman–Crippen MR) is 153 cm³/mol. The number of aromatic nitrogens is 3. The van der Waals surface area contributed by atoms with Crippen LogP contribution in [0, 0.1) is 12.7 Å². The van der Waals surface area contributed by atoms with E-state index in [0.29, 0.717) is 40.6 Å². The number of halogens is 1. The molecule has 0 aliphatic rings. The van der Waals surface area contributed by atoms with Gasteiger partial charge in [-0.1, -0.05) is 66.7 Å². The molecule has 0 bridgehead atoms. The van der Waals surface area contributed by atoms with Gasteiger partial charge in [0.05, 0.1) is 27.8 Å². The molecule has 8 heteroatoms. The number of nitrogens with two attached hydrogens (primary N) is 1. The summed E-state index contributed by atoms with van der Waals surface area (Å²) in [5.74, 6) is -0.402. The van der Waals surface area contributed by atoms with Crippen molar-refractivity contribution in [1.29, 1.82) is 0 Å². The normalized spacial score (nSPS) is 12.0. The number of nitrogens with zero attached hydrogens (tertiary/aromatic N) is 3. The fraction of sp³-hybridized carbons (Fsp3) is 0.129. The highest BCUT2D eigenvalue weighted by Crippen LogP contribution is 2.38. The van der Waals surface area contributed by atoms with Gasteiger partial charge < -0.3 is 10.3 Å². The van der Waals surface area contributed by atoms with Crippen molar-refractivity contribution in [2.45, 2.75) is 24.8 Å². The number of aryl methyl sites for hydroxylation is 1. The Kier molecular flexibility index (Phi) is 6.29. The molecule has 0 spiro atoms. The third-order valence-electron chi connectivity index (χ3n) is 7.15. The quantitative estimate of drug-likeness (QED) is 0.275. The van der Waals surface area contributed by atoms with Crippen molar-refractivity contribution in [2.24, 2.45) is 5.73 Å². The average Bonchev–Trinajstić information content (AvgIpc) is 3.50. The monoisotopic (exact) mass is 538 g/mol. The summed E-state index contributed by atoms with van der Waals surface area (Å²) in [6, 6.07) is 27.5. The molecule has 0 saturated carbocycles. The fourth-order valence-electron chi connectivity index (χ4n) is 5.19. The lowest BCUT2D eigenvalue weighted by atomic mass is 10.0. The first-order chi connectivity index (χ1) is 18.9. The summed E-state index contributed by atoms with van der Waals surface area (Å²) in [6.07, 6.45) is 2.23. The van der Waals surface area contributed by atoms with Crippen molar-refractivity contribution in [2.75, 3.05) is 6.54 Å². The van der Waals surface area contributed by atoms with E-state index >= 15 is 4.39 Å². The molecule has 2 aromatic heterocycles. The summed E-state index contributed by atoms with van der Waals surface area (Å²) < 4.78 is 46.3. The molecule has 6 aromatic rings. The first-order valence-electron chi connectivity index (χ1n) is 12.7. The second-order valence-corrected chi connectivity index (χ2v) is 11.4. The lowest BCUT2D eigenvalue weighted by Gasteiger charge is -2.13. The summed E-state index contributed by atoms with van der Waals surface area (Å²) in [6.45, 7) is 2.97. The highest BCUT2D eigenvalue weighted by molar-refractivity contribution is 7.90.